The van der Waals surface area contributed by atoms with E-state index in [1.165, 1.54) is 0 Å². The number of carbonyl (C=O) groups excluding carboxylic acids is 3. The summed E-state index contributed by atoms with van der Waals surface area (Å²) in [4.78, 5) is 39.0. The maximum atomic E-state index is 12.4. The van der Waals surface area contributed by atoms with Gasteiger partial charge >= 0.3 is 6.03 Å². The molecule has 1 saturated heterocycles. The summed E-state index contributed by atoms with van der Waals surface area (Å²) in [5.41, 5.74) is -0.955. The summed E-state index contributed by atoms with van der Waals surface area (Å²) in [6.07, 6.45) is 3.49. The van der Waals surface area contributed by atoms with Gasteiger partial charge in [-0.1, -0.05) is 0 Å². The Kier molecular flexibility index (Phi) is 4.51. The molecule has 0 aromatic heterocycles. The van der Waals surface area contributed by atoms with Gasteiger partial charge in [-0.05, 0) is 39.5 Å². The second kappa shape index (κ2) is 6.01. The Morgan fingerprint density at radius 2 is 2.10 bits per heavy atom. The third-order valence-electron chi connectivity index (χ3n) is 4.13. The second-order valence-corrected chi connectivity index (χ2v) is 6.20. The zero-order chi connectivity index (χ0) is 15.6. The number of hydrogen-bond acceptors (Lipinski definition) is 4. The largest absolute Gasteiger partial charge is 0.396 e. The van der Waals surface area contributed by atoms with Crippen molar-refractivity contribution in [1.82, 2.24) is 15.1 Å². The summed E-state index contributed by atoms with van der Waals surface area (Å²) < 4.78 is 0. The monoisotopic (exact) mass is 297 g/mol. The highest BCUT2D eigenvalue weighted by Gasteiger charge is 2.45. The second-order valence-electron chi connectivity index (χ2n) is 6.20. The molecule has 1 saturated carbocycles. The van der Waals surface area contributed by atoms with E-state index in [9.17, 15) is 14.4 Å². The van der Waals surface area contributed by atoms with E-state index in [0.717, 1.165) is 24.2 Å². The van der Waals surface area contributed by atoms with Crippen LogP contribution in [0.4, 0.5) is 4.79 Å². The predicted octanol–water partition coefficient (Wildman–Crippen LogP) is 0.0803. The Morgan fingerprint density at radius 3 is 2.52 bits per heavy atom. The van der Waals surface area contributed by atoms with E-state index in [0.29, 0.717) is 13.0 Å². The van der Waals surface area contributed by atoms with Crippen molar-refractivity contribution in [2.45, 2.75) is 51.1 Å². The summed E-state index contributed by atoms with van der Waals surface area (Å²) in [6, 6.07) is -0.341. The number of urea groups is 1. The van der Waals surface area contributed by atoms with Crippen molar-refractivity contribution in [2.24, 2.45) is 0 Å². The van der Waals surface area contributed by atoms with Crippen molar-refractivity contribution in [3.8, 4) is 0 Å². The minimum atomic E-state index is -0.955. The third kappa shape index (κ3) is 3.18. The van der Waals surface area contributed by atoms with E-state index in [2.05, 4.69) is 5.32 Å². The van der Waals surface area contributed by atoms with Gasteiger partial charge in [0.1, 0.15) is 12.1 Å². The lowest BCUT2D eigenvalue weighted by atomic mass is 9.91. The molecule has 1 aliphatic carbocycles. The first-order chi connectivity index (χ1) is 9.86. The lowest BCUT2D eigenvalue weighted by Gasteiger charge is -2.38. The lowest BCUT2D eigenvalue weighted by molar-refractivity contribution is -0.141. The van der Waals surface area contributed by atoms with E-state index in [1.807, 2.05) is 0 Å². The molecule has 0 aromatic carbocycles. The zero-order valence-electron chi connectivity index (χ0n) is 12.6. The van der Waals surface area contributed by atoms with Crippen molar-refractivity contribution < 1.29 is 19.5 Å². The van der Waals surface area contributed by atoms with Crippen LogP contribution < -0.4 is 5.32 Å². The number of hydrogen-bond donors (Lipinski definition) is 2. The van der Waals surface area contributed by atoms with E-state index in [4.69, 9.17) is 5.11 Å². The number of imide groups is 1. The summed E-state index contributed by atoms with van der Waals surface area (Å²) in [5.74, 6) is -0.606. The highest BCUT2D eigenvalue weighted by molar-refractivity contribution is 6.08. The molecule has 2 fully saturated rings. The lowest BCUT2D eigenvalue weighted by Crippen LogP contribution is -2.50. The average molecular weight is 297 g/mol. The number of aliphatic hydroxyl groups is 1. The number of nitrogens with zero attached hydrogens (tertiary/aromatic N) is 2. The van der Waals surface area contributed by atoms with Crippen LogP contribution in [0.2, 0.25) is 0 Å². The number of nitrogens with one attached hydrogen (secondary N) is 1. The van der Waals surface area contributed by atoms with Crippen LogP contribution in [-0.2, 0) is 9.59 Å². The van der Waals surface area contributed by atoms with Crippen LogP contribution in [-0.4, -0.2) is 64.0 Å². The molecule has 7 heteroatoms. The minimum Gasteiger partial charge on any atom is -0.396 e. The summed E-state index contributed by atoms with van der Waals surface area (Å²) in [5, 5.41) is 11.5. The van der Waals surface area contributed by atoms with Crippen LogP contribution in [0.15, 0.2) is 0 Å². The number of carbonyl (C=O) groups is 3. The molecular formula is C14H23N3O4. The van der Waals surface area contributed by atoms with E-state index in [1.54, 1.807) is 18.7 Å². The number of rotatable bonds is 6. The quantitative estimate of drug-likeness (QED) is 0.679. The van der Waals surface area contributed by atoms with Gasteiger partial charge in [-0.25, -0.2) is 4.79 Å². The first-order valence-electron chi connectivity index (χ1n) is 7.41. The molecule has 0 radical (unpaired) electrons. The van der Waals surface area contributed by atoms with Gasteiger partial charge < -0.3 is 15.3 Å². The summed E-state index contributed by atoms with van der Waals surface area (Å²) in [7, 11) is 0. The fraction of sp³-hybridized carbons (Fsp3) is 0.786. The van der Waals surface area contributed by atoms with Gasteiger partial charge in [0.25, 0.3) is 5.91 Å². The summed E-state index contributed by atoms with van der Waals surface area (Å²) >= 11 is 0. The van der Waals surface area contributed by atoms with Crippen LogP contribution in [0, 0.1) is 0 Å². The van der Waals surface area contributed by atoms with Crippen molar-refractivity contribution in [2.75, 3.05) is 19.7 Å². The predicted molar refractivity (Wildman–Crippen MR) is 75.4 cm³/mol. The molecule has 1 heterocycles. The van der Waals surface area contributed by atoms with Gasteiger partial charge in [0.05, 0.1) is 0 Å². The minimum absolute atomic E-state index is 0.0205. The Labute approximate surface area is 124 Å². The smallest absolute Gasteiger partial charge is 0.325 e. The molecule has 7 nitrogen and oxygen atoms in total. The molecule has 0 aromatic rings. The molecule has 4 amide bonds. The van der Waals surface area contributed by atoms with E-state index < -0.39 is 11.6 Å². The van der Waals surface area contributed by atoms with Crippen LogP contribution >= 0.6 is 0 Å². The number of amides is 4. The zero-order valence-corrected chi connectivity index (χ0v) is 12.6. The van der Waals surface area contributed by atoms with Gasteiger partial charge in [-0.15, -0.1) is 0 Å². The Morgan fingerprint density at radius 1 is 1.43 bits per heavy atom. The Hall–Kier alpha value is -1.63. The molecular weight excluding hydrogens is 274 g/mol. The van der Waals surface area contributed by atoms with Gasteiger partial charge in [-0.3, -0.25) is 14.5 Å². The van der Waals surface area contributed by atoms with Gasteiger partial charge in [0.2, 0.25) is 5.91 Å². The highest BCUT2D eigenvalue weighted by atomic mass is 16.3. The van der Waals surface area contributed by atoms with E-state index in [-0.39, 0.29) is 31.0 Å². The van der Waals surface area contributed by atoms with E-state index >= 15 is 0 Å². The topological polar surface area (TPSA) is 90.0 Å². The fourth-order valence-electron chi connectivity index (χ4n) is 2.64. The molecule has 2 rings (SSSR count). The molecule has 118 valence electrons. The molecule has 2 N–H and O–H groups in total. The molecule has 0 unspecified atom stereocenters. The van der Waals surface area contributed by atoms with Crippen LogP contribution in [0.3, 0.4) is 0 Å². The fourth-order valence-corrected chi connectivity index (χ4v) is 2.64. The Bertz CT molecular complexity index is 446. The third-order valence-corrected chi connectivity index (χ3v) is 4.13. The van der Waals surface area contributed by atoms with Crippen molar-refractivity contribution >= 4 is 17.8 Å². The summed E-state index contributed by atoms with van der Waals surface area (Å²) in [6.45, 7) is 3.50. The SMILES string of the molecule is CC1(C)NC(=O)N(CC(=O)N(CCCO)C2CCC2)C1=O. The van der Waals surface area contributed by atoms with Crippen LogP contribution in [0.5, 0.6) is 0 Å². The van der Waals surface area contributed by atoms with Crippen LogP contribution in [0.1, 0.15) is 39.5 Å². The van der Waals surface area contributed by atoms with Gasteiger partial charge in [0, 0.05) is 19.2 Å². The van der Waals surface area contributed by atoms with Crippen molar-refractivity contribution in [3.05, 3.63) is 0 Å². The molecule has 0 spiro atoms. The molecule has 2 aliphatic rings. The van der Waals surface area contributed by atoms with Gasteiger partial charge in [0.15, 0.2) is 0 Å². The first kappa shape index (κ1) is 15.8. The average Bonchev–Trinajstić information content (AvgIpc) is 2.54. The molecule has 0 atom stereocenters. The normalized spacial score (nSPS) is 21.2. The Balaban J connectivity index is 2.01. The number of aliphatic hydroxyl groups excluding tert-OH is 1. The van der Waals surface area contributed by atoms with Crippen LogP contribution in [0.25, 0.3) is 0 Å². The molecule has 1 aliphatic heterocycles. The standard InChI is InChI=1S/C14H23N3O4/c1-14(2)12(20)17(13(21)15-14)9-11(19)16(7-4-8-18)10-5-3-6-10/h10,18H,3-9H2,1-2H3,(H,15,21). The van der Waals surface area contributed by atoms with Gasteiger partial charge in [-0.2, -0.15) is 0 Å². The maximum Gasteiger partial charge on any atom is 0.325 e. The van der Waals surface area contributed by atoms with Crippen molar-refractivity contribution in [3.63, 3.8) is 0 Å². The first-order valence-corrected chi connectivity index (χ1v) is 7.41. The molecule has 21 heavy (non-hydrogen) atoms. The van der Waals surface area contributed by atoms with Crippen molar-refractivity contribution in [1.29, 1.82) is 0 Å². The maximum absolute atomic E-state index is 12.4. The molecule has 0 bridgehead atoms. The highest BCUT2D eigenvalue weighted by Crippen LogP contribution is 2.25.